The van der Waals surface area contributed by atoms with Gasteiger partial charge in [-0.3, -0.25) is 0 Å². The average Bonchev–Trinajstić information content (AvgIpc) is 2.32. The molecule has 0 N–H and O–H groups in total. The van der Waals surface area contributed by atoms with Gasteiger partial charge in [-0.05, 0) is 56.8 Å². The lowest BCUT2D eigenvalue weighted by atomic mass is 9.83. The first kappa shape index (κ1) is 11.7. The lowest BCUT2D eigenvalue weighted by Gasteiger charge is -2.36. The summed E-state index contributed by atoms with van der Waals surface area (Å²) in [5.74, 6) is 0.780. The number of piperidine rings is 1. The molecule has 1 saturated heterocycles. The van der Waals surface area contributed by atoms with Gasteiger partial charge in [-0.2, -0.15) is 0 Å². The summed E-state index contributed by atoms with van der Waals surface area (Å²) in [5.41, 5.74) is 3.15. The average molecular weight is 217 g/mol. The van der Waals surface area contributed by atoms with E-state index in [1.165, 1.54) is 19.4 Å². The van der Waals surface area contributed by atoms with Crippen molar-refractivity contribution in [3.63, 3.8) is 0 Å². The first-order chi connectivity index (χ1) is 7.72. The molecule has 1 fully saturated rings. The number of benzene rings is 1. The van der Waals surface area contributed by atoms with Crippen LogP contribution >= 0.6 is 0 Å². The van der Waals surface area contributed by atoms with Gasteiger partial charge < -0.3 is 4.90 Å². The number of aryl methyl sites for hydroxylation is 1. The van der Waals surface area contributed by atoms with Crippen LogP contribution in [0, 0.1) is 0 Å². The molecule has 1 aromatic rings. The molecule has 1 heterocycles. The second-order valence-electron chi connectivity index (χ2n) is 5.10. The molecule has 1 aliphatic heterocycles. The van der Waals surface area contributed by atoms with Gasteiger partial charge in [0.1, 0.15) is 0 Å². The van der Waals surface area contributed by atoms with Crippen LogP contribution in [0.3, 0.4) is 0 Å². The minimum Gasteiger partial charge on any atom is -0.304 e. The van der Waals surface area contributed by atoms with Crippen molar-refractivity contribution >= 4 is 0 Å². The van der Waals surface area contributed by atoms with Crippen molar-refractivity contribution in [2.45, 2.75) is 45.1 Å². The van der Waals surface area contributed by atoms with Crippen LogP contribution in [0.25, 0.3) is 0 Å². The molecule has 1 heteroatoms. The van der Waals surface area contributed by atoms with E-state index in [1.807, 2.05) is 0 Å². The van der Waals surface area contributed by atoms with E-state index in [9.17, 15) is 0 Å². The standard InChI is InChI=1S/C15H23N/c1-4-13-7-5-6-8-15(13)14-9-10-16(3)12(2)11-14/h5-8,12,14H,4,9-11H2,1-3H3. The van der Waals surface area contributed by atoms with Gasteiger partial charge in [0.05, 0.1) is 0 Å². The van der Waals surface area contributed by atoms with Crippen LogP contribution in [-0.2, 0) is 6.42 Å². The Labute approximate surface area is 99.5 Å². The minimum atomic E-state index is 0.726. The predicted octanol–water partition coefficient (Wildman–Crippen LogP) is 3.45. The minimum absolute atomic E-state index is 0.726. The van der Waals surface area contributed by atoms with Crippen LogP contribution < -0.4 is 0 Å². The molecule has 2 rings (SSSR count). The monoisotopic (exact) mass is 217 g/mol. The zero-order valence-corrected chi connectivity index (χ0v) is 10.7. The molecule has 0 bridgehead atoms. The Morgan fingerprint density at radius 1 is 1.31 bits per heavy atom. The maximum Gasteiger partial charge on any atom is 0.00697 e. The number of hydrogen-bond donors (Lipinski definition) is 0. The van der Waals surface area contributed by atoms with Crippen molar-refractivity contribution in [2.24, 2.45) is 0 Å². The third-order valence-corrected chi connectivity index (χ3v) is 4.08. The fraction of sp³-hybridized carbons (Fsp3) is 0.600. The molecule has 0 spiro atoms. The van der Waals surface area contributed by atoms with E-state index in [1.54, 1.807) is 11.1 Å². The summed E-state index contributed by atoms with van der Waals surface area (Å²) in [7, 11) is 2.24. The van der Waals surface area contributed by atoms with Gasteiger partial charge in [-0.15, -0.1) is 0 Å². The van der Waals surface area contributed by atoms with Crippen LogP contribution in [0.15, 0.2) is 24.3 Å². The molecule has 0 aromatic heterocycles. The van der Waals surface area contributed by atoms with E-state index in [2.05, 4.69) is 50.1 Å². The Hall–Kier alpha value is -0.820. The highest BCUT2D eigenvalue weighted by Gasteiger charge is 2.24. The van der Waals surface area contributed by atoms with Crippen LogP contribution in [0.5, 0.6) is 0 Å². The fourth-order valence-corrected chi connectivity index (χ4v) is 2.83. The molecule has 0 saturated carbocycles. The Morgan fingerprint density at radius 2 is 2.06 bits per heavy atom. The van der Waals surface area contributed by atoms with Gasteiger partial charge in [0.25, 0.3) is 0 Å². The normalized spacial score (nSPS) is 26.9. The SMILES string of the molecule is CCc1ccccc1C1CCN(C)C(C)C1. The molecular weight excluding hydrogens is 194 g/mol. The Morgan fingerprint density at radius 3 is 2.75 bits per heavy atom. The summed E-state index contributed by atoms with van der Waals surface area (Å²) >= 11 is 0. The van der Waals surface area contributed by atoms with E-state index in [0.29, 0.717) is 0 Å². The highest BCUT2D eigenvalue weighted by Crippen LogP contribution is 2.32. The Kier molecular flexibility index (Phi) is 3.65. The molecule has 88 valence electrons. The van der Waals surface area contributed by atoms with E-state index >= 15 is 0 Å². The van der Waals surface area contributed by atoms with E-state index < -0.39 is 0 Å². The van der Waals surface area contributed by atoms with Crippen molar-refractivity contribution in [1.82, 2.24) is 4.90 Å². The van der Waals surface area contributed by atoms with Gasteiger partial charge in [0.2, 0.25) is 0 Å². The van der Waals surface area contributed by atoms with Gasteiger partial charge >= 0.3 is 0 Å². The summed E-state index contributed by atoms with van der Waals surface area (Å²) in [6.07, 6.45) is 3.79. The summed E-state index contributed by atoms with van der Waals surface area (Å²) in [6, 6.07) is 9.71. The molecule has 2 atom stereocenters. The number of rotatable bonds is 2. The third kappa shape index (κ3) is 2.30. The maximum atomic E-state index is 2.48. The van der Waals surface area contributed by atoms with E-state index in [0.717, 1.165) is 18.4 Å². The molecule has 16 heavy (non-hydrogen) atoms. The fourth-order valence-electron chi connectivity index (χ4n) is 2.83. The second kappa shape index (κ2) is 5.01. The summed E-state index contributed by atoms with van der Waals surface area (Å²) < 4.78 is 0. The molecule has 1 aliphatic rings. The highest BCUT2D eigenvalue weighted by atomic mass is 15.1. The van der Waals surface area contributed by atoms with E-state index in [-0.39, 0.29) is 0 Å². The summed E-state index contributed by atoms with van der Waals surface area (Å²) in [5, 5.41) is 0. The van der Waals surface area contributed by atoms with Crippen molar-refractivity contribution in [3.05, 3.63) is 35.4 Å². The van der Waals surface area contributed by atoms with Gasteiger partial charge in [-0.25, -0.2) is 0 Å². The molecule has 0 radical (unpaired) electrons. The van der Waals surface area contributed by atoms with E-state index in [4.69, 9.17) is 0 Å². The quantitative estimate of drug-likeness (QED) is 0.733. The first-order valence-electron chi connectivity index (χ1n) is 6.50. The Balaban J connectivity index is 2.18. The molecule has 1 aromatic carbocycles. The van der Waals surface area contributed by atoms with Crippen LogP contribution in [0.2, 0.25) is 0 Å². The largest absolute Gasteiger partial charge is 0.304 e. The lowest BCUT2D eigenvalue weighted by Crippen LogP contribution is -2.37. The van der Waals surface area contributed by atoms with Gasteiger partial charge in [0.15, 0.2) is 0 Å². The summed E-state index contributed by atoms with van der Waals surface area (Å²) in [4.78, 5) is 2.48. The molecule has 0 amide bonds. The molecule has 2 unspecified atom stereocenters. The molecule has 1 nitrogen and oxygen atoms in total. The number of nitrogens with zero attached hydrogens (tertiary/aromatic N) is 1. The second-order valence-corrected chi connectivity index (χ2v) is 5.10. The highest BCUT2D eigenvalue weighted by molar-refractivity contribution is 5.31. The van der Waals surface area contributed by atoms with Crippen molar-refractivity contribution < 1.29 is 0 Å². The maximum absolute atomic E-state index is 2.48. The topological polar surface area (TPSA) is 3.24 Å². The lowest BCUT2D eigenvalue weighted by molar-refractivity contribution is 0.182. The van der Waals surface area contributed by atoms with Crippen molar-refractivity contribution in [1.29, 1.82) is 0 Å². The first-order valence-corrected chi connectivity index (χ1v) is 6.50. The Bertz CT molecular complexity index is 345. The smallest absolute Gasteiger partial charge is 0.00697 e. The van der Waals surface area contributed by atoms with Crippen LogP contribution in [-0.4, -0.2) is 24.5 Å². The molecule has 0 aliphatic carbocycles. The summed E-state index contributed by atoms with van der Waals surface area (Å²) in [6.45, 7) is 5.85. The number of hydrogen-bond acceptors (Lipinski definition) is 1. The van der Waals surface area contributed by atoms with Crippen LogP contribution in [0.4, 0.5) is 0 Å². The zero-order valence-electron chi connectivity index (χ0n) is 10.7. The van der Waals surface area contributed by atoms with Gasteiger partial charge in [0, 0.05) is 6.04 Å². The molecular formula is C15H23N. The third-order valence-electron chi connectivity index (χ3n) is 4.08. The zero-order chi connectivity index (χ0) is 11.5. The predicted molar refractivity (Wildman–Crippen MR) is 69.9 cm³/mol. The van der Waals surface area contributed by atoms with Crippen molar-refractivity contribution in [2.75, 3.05) is 13.6 Å². The van der Waals surface area contributed by atoms with Crippen LogP contribution in [0.1, 0.15) is 43.7 Å². The van der Waals surface area contributed by atoms with Gasteiger partial charge in [-0.1, -0.05) is 31.2 Å². The number of likely N-dealkylation sites (tertiary alicyclic amines) is 1. The van der Waals surface area contributed by atoms with Crippen molar-refractivity contribution in [3.8, 4) is 0 Å².